The van der Waals surface area contributed by atoms with Gasteiger partial charge in [-0.05, 0) is 30.2 Å². The number of morpholine rings is 1. The van der Waals surface area contributed by atoms with Gasteiger partial charge in [-0.25, -0.2) is 4.98 Å². The minimum Gasteiger partial charge on any atom is -0.376 e. The Labute approximate surface area is 158 Å². The molecule has 27 heavy (non-hydrogen) atoms. The van der Waals surface area contributed by atoms with Crippen molar-refractivity contribution in [3.63, 3.8) is 0 Å². The number of pyridine rings is 1. The number of nitrogens with zero attached hydrogens (tertiary/aromatic N) is 4. The molecule has 0 spiro atoms. The zero-order valence-corrected chi connectivity index (χ0v) is 16.0. The van der Waals surface area contributed by atoms with Gasteiger partial charge < -0.3 is 4.74 Å². The average molecular weight is 364 g/mol. The fourth-order valence-electron chi connectivity index (χ4n) is 3.64. The van der Waals surface area contributed by atoms with Gasteiger partial charge in [0, 0.05) is 50.8 Å². The zero-order chi connectivity index (χ0) is 19.0. The van der Waals surface area contributed by atoms with Gasteiger partial charge >= 0.3 is 0 Å². The minimum atomic E-state index is -0.0329. The summed E-state index contributed by atoms with van der Waals surface area (Å²) in [6.45, 7) is 7.15. The lowest BCUT2D eigenvalue weighted by molar-refractivity contribution is -0.0211. The highest BCUT2D eigenvalue weighted by Gasteiger charge is 2.17. The molecule has 6 heteroatoms. The molecule has 1 saturated heterocycles. The largest absolute Gasteiger partial charge is 0.376 e. The molecule has 0 amide bonds. The maximum absolute atomic E-state index is 12.0. The Morgan fingerprint density at radius 2 is 2.19 bits per heavy atom. The lowest BCUT2D eigenvalue weighted by Crippen LogP contribution is -2.40. The molecule has 0 unspecified atom stereocenters. The van der Waals surface area contributed by atoms with E-state index < -0.39 is 0 Å². The minimum absolute atomic E-state index is 0.0329. The van der Waals surface area contributed by atoms with Crippen molar-refractivity contribution in [1.29, 1.82) is 0 Å². The van der Waals surface area contributed by atoms with Gasteiger partial charge in [-0.3, -0.25) is 14.4 Å². The van der Waals surface area contributed by atoms with Crippen LogP contribution in [0.1, 0.15) is 29.9 Å². The summed E-state index contributed by atoms with van der Waals surface area (Å²) in [5.74, 6) is -0.0329. The molecule has 140 valence electrons. The summed E-state index contributed by atoms with van der Waals surface area (Å²) in [5.41, 5.74) is 4.51. The Morgan fingerprint density at radius 1 is 1.33 bits per heavy atom. The van der Waals surface area contributed by atoms with E-state index in [9.17, 15) is 4.79 Å². The van der Waals surface area contributed by atoms with Crippen molar-refractivity contribution in [1.82, 2.24) is 19.7 Å². The van der Waals surface area contributed by atoms with Crippen LogP contribution in [0.15, 0.2) is 36.7 Å². The molecule has 0 saturated carbocycles. The van der Waals surface area contributed by atoms with Crippen LogP contribution >= 0.6 is 0 Å². The number of hydrogen-bond acceptors (Lipinski definition) is 5. The van der Waals surface area contributed by atoms with E-state index >= 15 is 0 Å². The predicted molar refractivity (Wildman–Crippen MR) is 105 cm³/mol. The second-order valence-electron chi connectivity index (χ2n) is 7.28. The standard InChI is InChI=1S/C21H24N4O2/c1-14-11-25(6-7-27-14)12-16-4-5-18-19(17-10-22-24(3)13-17)9-20(15(2)26)23-21(18)8-16/h4-5,8-10,13-14H,6-7,11-12H2,1-3H3/t14-/m0/s1. The SMILES string of the molecule is CC(=O)c1cc(-c2cnn(C)c2)c2ccc(CN3CCO[C@@H](C)C3)cc2n1. The van der Waals surface area contributed by atoms with E-state index in [4.69, 9.17) is 4.74 Å². The summed E-state index contributed by atoms with van der Waals surface area (Å²) in [5, 5.41) is 5.30. The van der Waals surface area contributed by atoms with Crippen LogP contribution in [-0.2, 0) is 18.3 Å². The molecule has 2 aromatic heterocycles. The molecule has 0 N–H and O–H groups in total. The van der Waals surface area contributed by atoms with E-state index in [0.29, 0.717) is 5.69 Å². The normalized spacial score (nSPS) is 18.1. The van der Waals surface area contributed by atoms with Crippen molar-refractivity contribution in [2.45, 2.75) is 26.5 Å². The van der Waals surface area contributed by atoms with Gasteiger partial charge in [0.05, 0.1) is 24.4 Å². The number of ether oxygens (including phenoxy) is 1. The molecule has 1 aliphatic rings. The van der Waals surface area contributed by atoms with Crippen molar-refractivity contribution in [2.24, 2.45) is 7.05 Å². The second-order valence-corrected chi connectivity index (χ2v) is 7.28. The van der Waals surface area contributed by atoms with E-state index in [1.54, 1.807) is 11.6 Å². The summed E-state index contributed by atoms with van der Waals surface area (Å²) in [7, 11) is 1.89. The number of aryl methyl sites for hydroxylation is 1. The number of aromatic nitrogens is 3. The fourth-order valence-corrected chi connectivity index (χ4v) is 3.64. The van der Waals surface area contributed by atoms with Crippen LogP contribution in [0, 0.1) is 0 Å². The summed E-state index contributed by atoms with van der Waals surface area (Å²) in [6, 6.07) is 8.22. The summed E-state index contributed by atoms with van der Waals surface area (Å²) < 4.78 is 7.39. The van der Waals surface area contributed by atoms with Crippen LogP contribution in [-0.4, -0.2) is 51.2 Å². The molecule has 3 heterocycles. The third-order valence-corrected chi connectivity index (χ3v) is 4.98. The number of carbonyl (C=O) groups excluding carboxylic acids is 1. The third-order valence-electron chi connectivity index (χ3n) is 4.98. The predicted octanol–water partition coefficient (Wildman–Crippen LogP) is 3.06. The Hall–Kier alpha value is -2.57. The number of rotatable bonds is 4. The van der Waals surface area contributed by atoms with Crippen molar-refractivity contribution in [2.75, 3.05) is 19.7 Å². The Morgan fingerprint density at radius 3 is 2.89 bits per heavy atom. The monoisotopic (exact) mass is 364 g/mol. The third kappa shape index (κ3) is 3.77. The van der Waals surface area contributed by atoms with Crippen LogP contribution < -0.4 is 0 Å². The first-order valence-electron chi connectivity index (χ1n) is 9.27. The molecule has 3 aromatic rings. The lowest BCUT2D eigenvalue weighted by Gasteiger charge is -2.31. The Bertz CT molecular complexity index is 995. The molecular weight excluding hydrogens is 340 g/mol. The molecule has 0 bridgehead atoms. The first kappa shape index (κ1) is 17.8. The number of hydrogen-bond donors (Lipinski definition) is 0. The summed E-state index contributed by atoms with van der Waals surface area (Å²) in [6.07, 6.45) is 4.04. The topological polar surface area (TPSA) is 60.2 Å². The summed E-state index contributed by atoms with van der Waals surface area (Å²) in [4.78, 5) is 19.0. The number of carbonyl (C=O) groups is 1. The van der Waals surface area contributed by atoms with Crippen LogP contribution in [0.2, 0.25) is 0 Å². The van der Waals surface area contributed by atoms with Crippen LogP contribution in [0.25, 0.3) is 22.0 Å². The zero-order valence-electron chi connectivity index (χ0n) is 16.0. The first-order chi connectivity index (χ1) is 13.0. The first-order valence-corrected chi connectivity index (χ1v) is 9.27. The van der Waals surface area contributed by atoms with Gasteiger partial charge in [0.15, 0.2) is 5.78 Å². The molecule has 0 aliphatic carbocycles. The van der Waals surface area contributed by atoms with E-state index in [1.165, 1.54) is 5.56 Å². The second kappa shape index (κ2) is 7.21. The molecule has 1 fully saturated rings. The highest BCUT2D eigenvalue weighted by atomic mass is 16.5. The van der Waals surface area contributed by atoms with E-state index in [1.807, 2.05) is 25.5 Å². The maximum Gasteiger partial charge on any atom is 0.178 e. The summed E-state index contributed by atoms with van der Waals surface area (Å²) >= 11 is 0. The molecule has 0 radical (unpaired) electrons. The molecule has 1 atom stereocenters. The smallest absolute Gasteiger partial charge is 0.178 e. The van der Waals surface area contributed by atoms with Crippen LogP contribution in [0.3, 0.4) is 0 Å². The number of fused-ring (bicyclic) bond motifs is 1. The van der Waals surface area contributed by atoms with Crippen molar-refractivity contribution in [3.8, 4) is 11.1 Å². The maximum atomic E-state index is 12.0. The van der Waals surface area contributed by atoms with Gasteiger partial charge in [-0.2, -0.15) is 5.10 Å². The average Bonchev–Trinajstić information content (AvgIpc) is 3.06. The fraction of sp³-hybridized carbons (Fsp3) is 0.381. The van der Waals surface area contributed by atoms with E-state index in [2.05, 4.69) is 40.1 Å². The molecule has 6 nitrogen and oxygen atoms in total. The Kier molecular flexibility index (Phi) is 4.76. The van der Waals surface area contributed by atoms with Gasteiger partial charge in [-0.1, -0.05) is 12.1 Å². The van der Waals surface area contributed by atoms with Crippen LogP contribution in [0.5, 0.6) is 0 Å². The Balaban J connectivity index is 1.75. The van der Waals surface area contributed by atoms with Gasteiger partial charge in [0.1, 0.15) is 5.69 Å². The number of benzene rings is 1. The highest BCUT2D eigenvalue weighted by Crippen LogP contribution is 2.29. The van der Waals surface area contributed by atoms with Gasteiger partial charge in [0.2, 0.25) is 0 Å². The molecule has 1 aromatic carbocycles. The number of ketones is 1. The number of Topliss-reactive ketones (excluding diaryl/α,β-unsaturated/α-hetero) is 1. The van der Waals surface area contributed by atoms with Gasteiger partial charge in [-0.15, -0.1) is 0 Å². The van der Waals surface area contributed by atoms with Crippen LogP contribution in [0.4, 0.5) is 0 Å². The molecular formula is C21H24N4O2. The van der Waals surface area contributed by atoms with E-state index in [0.717, 1.165) is 48.3 Å². The quantitative estimate of drug-likeness (QED) is 0.666. The van der Waals surface area contributed by atoms with E-state index in [-0.39, 0.29) is 11.9 Å². The van der Waals surface area contributed by atoms with Gasteiger partial charge in [0.25, 0.3) is 0 Å². The lowest BCUT2D eigenvalue weighted by atomic mass is 10.0. The molecule has 1 aliphatic heterocycles. The highest BCUT2D eigenvalue weighted by molar-refractivity contribution is 6.01. The van der Waals surface area contributed by atoms with Crippen molar-refractivity contribution in [3.05, 3.63) is 47.9 Å². The van der Waals surface area contributed by atoms with Crippen molar-refractivity contribution >= 4 is 16.7 Å². The molecule has 4 rings (SSSR count). The van der Waals surface area contributed by atoms with Crippen molar-refractivity contribution < 1.29 is 9.53 Å².